The highest BCUT2D eigenvalue weighted by Gasteiger charge is 2.70. The molecule has 2 heterocycles. The summed E-state index contributed by atoms with van der Waals surface area (Å²) >= 11 is 8.20. The molecule has 4 aromatic carbocycles. The molecule has 1 spiro atoms. The van der Waals surface area contributed by atoms with Crippen molar-refractivity contribution >= 4 is 114 Å². The van der Waals surface area contributed by atoms with Crippen LogP contribution in [0.1, 0.15) is 236 Å². The molecule has 35 nitrogen and oxygen atoms in total. The highest BCUT2D eigenvalue weighted by Crippen LogP contribution is 2.69. The Hall–Kier alpha value is -10.1. The number of guanidine groups is 3. The molecule has 0 saturated carbocycles. The van der Waals surface area contributed by atoms with Gasteiger partial charge in [0.25, 0.3) is 0 Å². The monoisotopic (exact) mass is 1890 g/mol. The summed E-state index contributed by atoms with van der Waals surface area (Å²) in [6, 6.07) is 21.3. The van der Waals surface area contributed by atoms with Gasteiger partial charge in [0.1, 0.15) is 41.7 Å². The van der Waals surface area contributed by atoms with E-state index in [9.17, 15) is 48.3 Å². The van der Waals surface area contributed by atoms with E-state index in [0.29, 0.717) is 155 Å². The van der Waals surface area contributed by atoms with Crippen LogP contribution in [0.2, 0.25) is 0 Å². The van der Waals surface area contributed by atoms with Gasteiger partial charge in [0.15, 0.2) is 35.5 Å². The van der Waals surface area contributed by atoms with Gasteiger partial charge in [0.05, 0.1) is 58.0 Å². The van der Waals surface area contributed by atoms with Gasteiger partial charge in [-0.25, -0.2) is 24.6 Å². The zero-order valence-electron chi connectivity index (χ0n) is 80.6. The number of rotatable bonds is 59. The lowest BCUT2D eigenvalue weighted by atomic mass is 9.45. The standard InChI is InChI=1S/C76H110N16O12.C20H40N4O3S2/c1-10-11-12-13-21-55(85-45-87-73(4,5)67(98)101-53-32-26-50(27-33-53)90-70(79)80)63(94)84-42-17-15-22-56(86-46-88-74(6,7)68(99)102-54-34-28-51(29-35-54)91-71(81)82)64(95)83-41-16-14-19-47(20-18-38-72(2,3)66(97)100-52-30-24-49(25-31-52)89-69(77)78)65(96)103-58-37-39-75(8)59-44-48-23-36-57(93)61-60(48)76(75,62(58)104-61)40-43-92(59)9;1-3-8-17(13-25)9-4-6-12-22-20(27)18(24-15-29)10-5-7-11-21-19(26)16(2)23-14-28/h23-37,47,55-56,59,62,85-88,93H,10-22,38-46H2,1-9H3,(H,83,95)(H,84,94)(H4,77,78,89)(H4,79,80,90)(H4,81,82,91);13,16-18,23-24,28-29H,3-12,14-15H2,1-2H3,(H,21,26)(H,22,27)/t47-,55+,56+,59-,62+,75+,76+;16?,17-,18-/m10/s1/i;13D. The topological polar surface area (TPSA) is 537 Å². The van der Waals surface area contributed by atoms with Crippen molar-refractivity contribution < 1.29 is 73.3 Å². The second kappa shape index (κ2) is 54.4. The number of benzene rings is 4. The zero-order chi connectivity index (χ0) is 98.4. The Morgan fingerprint density at radius 2 is 0.992 bits per heavy atom. The van der Waals surface area contributed by atoms with Crippen molar-refractivity contribution in [3.8, 4) is 28.7 Å². The number of aldehydes is 1. The number of aliphatic imine (C=N–C) groups is 3. The number of amides is 4. The third-order valence-corrected chi connectivity index (χ3v) is 25.6. The zero-order valence-corrected chi connectivity index (χ0v) is 81.4. The SMILES string of the molecule is CCCCCC[C@H](NCNC(C)(C)C(=O)Oc1ccc(N=C(N)N)cc1)C(=O)NCCCC[C@H](NCNC(C)(C)C(=O)Oc1ccc(N=C(N)N)cc1)C(=O)NCCCC[C@H](CCCC(C)(C)C(=O)Oc1ccc(N=C(N)N)cc1)C(=O)OC1=CC[C@@]2(C)[C@H]3Cc4ccc(O)c5c4[C@@]2(CCN3C)[C@H]1O5.[2H]C(=O)[C@@H](CCC)CCCCNC(=O)[C@H](CCCCNC(=O)C(C)NCS)NCS. The van der Waals surface area contributed by atoms with E-state index in [1.165, 1.54) is 0 Å². The summed E-state index contributed by atoms with van der Waals surface area (Å²) in [5, 5.41) is 42.3. The molecule has 4 aromatic rings. The van der Waals surface area contributed by atoms with E-state index < -0.39 is 76.2 Å². The third-order valence-electron chi connectivity index (χ3n) is 25.3. The maximum Gasteiger partial charge on any atom is 0.331 e. The first-order valence-corrected chi connectivity index (χ1v) is 48.2. The lowest BCUT2D eigenvalue weighted by Crippen LogP contribution is -2.69. The normalized spacial score (nSPS) is 18.0. The lowest BCUT2D eigenvalue weighted by Gasteiger charge is -2.63. The third kappa shape index (κ3) is 33.7. The Morgan fingerprint density at radius 1 is 0.556 bits per heavy atom. The number of nitrogens with zero attached hydrogens (tertiary/aromatic N) is 4. The number of nitrogens with two attached hydrogens (primary N) is 6. The van der Waals surface area contributed by atoms with Gasteiger partial charge in [-0.1, -0.05) is 78.2 Å². The fraction of sp³-hybridized carbons (Fsp3) is 0.604. The Balaban J connectivity index is 0.000000696. The number of phenols is 1. The van der Waals surface area contributed by atoms with E-state index in [4.69, 9.17) is 59.5 Å². The van der Waals surface area contributed by atoms with Crippen molar-refractivity contribution in [1.82, 2.24) is 58.1 Å². The van der Waals surface area contributed by atoms with E-state index in [2.05, 4.69) is 119 Å². The number of hydrogen-bond donors (Lipinski definition) is 19. The van der Waals surface area contributed by atoms with Crippen molar-refractivity contribution in [3.63, 3.8) is 0 Å². The van der Waals surface area contributed by atoms with Gasteiger partial charge < -0.3 is 94.2 Å². The fourth-order valence-electron chi connectivity index (χ4n) is 17.3. The average Bonchev–Trinajstić information content (AvgIpc) is 1.46. The van der Waals surface area contributed by atoms with E-state index in [1.807, 2.05) is 32.9 Å². The van der Waals surface area contributed by atoms with Crippen molar-refractivity contribution in [3.05, 3.63) is 108 Å². The molecule has 1 fully saturated rings. The number of likely N-dealkylation sites (tertiary alicyclic amines) is 1. The number of likely N-dealkylation sites (N-methyl/N-ethyl adjacent to an activating group) is 1. The molecular weight excluding hydrogens is 1740 g/mol. The molecule has 1 unspecified atom stereocenters. The minimum absolute atomic E-state index is 0.0307. The Morgan fingerprint density at radius 3 is 1.44 bits per heavy atom. The van der Waals surface area contributed by atoms with Crippen molar-refractivity contribution in [1.29, 1.82) is 0 Å². The fourth-order valence-corrected chi connectivity index (χ4v) is 17.8. The molecule has 133 heavy (non-hydrogen) atoms. The molecule has 2 aliphatic heterocycles. The second-order valence-electron chi connectivity index (χ2n) is 36.8. The Kier molecular flexibility index (Phi) is 44.3. The molecular formula is C96H150N20O15S2. The first-order valence-electron chi connectivity index (χ1n) is 47.4. The number of carbonyl (C=O) groups is 9. The number of unbranched alkanes of at least 4 members (excludes halogenated alkanes) is 7. The molecule has 8 rings (SSSR count). The van der Waals surface area contributed by atoms with Crippen LogP contribution < -0.4 is 107 Å². The summed E-state index contributed by atoms with van der Waals surface area (Å²) in [5.41, 5.74) is 32.7. The summed E-state index contributed by atoms with van der Waals surface area (Å²) in [4.78, 5) is 134. The number of carbonyl (C=O) groups excluding carboxylic acids is 9. The summed E-state index contributed by atoms with van der Waals surface area (Å²) in [6.07, 6.45) is 17.8. The number of esters is 4. The molecule has 4 amide bonds. The molecule has 736 valence electrons. The molecule has 2 bridgehead atoms. The number of aromatic hydroxyl groups is 1. The maximum atomic E-state index is 14.9. The number of nitrogens with one attached hydrogen (secondary N) is 10. The number of ether oxygens (including phenoxy) is 5. The number of allylic oxidation sites excluding steroid dienone is 1. The first kappa shape index (κ1) is 108. The van der Waals surface area contributed by atoms with Gasteiger partial charge >= 0.3 is 23.9 Å². The van der Waals surface area contributed by atoms with Crippen LogP contribution >= 0.6 is 25.3 Å². The van der Waals surface area contributed by atoms with Crippen LogP contribution in [0.4, 0.5) is 17.1 Å². The molecule has 37 heteroatoms. The number of phenolic OH excluding ortho intramolecular Hbond substituents is 1. The van der Waals surface area contributed by atoms with Crippen LogP contribution in [-0.4, -0.2) is 194 Å². The van der Waals surface area contributed by atoms with Gasteiger partial charge in [0.2, 0.25) is 23.6 Å². The highest BCUT2D eigenvalue weighted by atomic mass is 32.1. The molecule has 2 aliphatic carbocycles. The van der Waals surface area contributed by atoms with Crippen LogP contribution in [-0.2, 0) is 59.7 Å². The minimum atomic E-state index is -1.22. The van der Waals surface area contributed by atoms with Gasteiger partial charge in [0, 0.05) is 74.2 Å². The summed E-state index contributed by atoms with van der Waals surface area (Å²) in [6.45, 7) is 21.2. The minimum Gasteiger partial charge on any atom is -0.504 e. The number of piperidine rings is 1. The predicted octanol–water partition coefficient (Wildman–Crippen LogP) is 8.83. The summed E-state index contributed by atoms with van der Waals surface area (Å²) in [5.74, 6) is -0.961. The van der Waals surface area contributed by atoms with Crippen molar-refractivity contribution in [2.24, 2.45) is 72.0 Å². The first-order chi connectivity index (χ1) is 63.7. The van der Waals surface area contributed by atoms with Gasteiger partial charge in [-0.3, -0.25) is 60.7 Å². The van der Waals surface area contributed by atoms with E-state index in [-0.39, 0.29) is 102 Å². The quantitative estimate of drug-likeness (QED) is 0.00287. The van der Waals surface area contributed by atoms with Gasteiger partial charge in [-0.2, -0.15) is 25.3 Å². The number of hydrogen-bond acceptors (Lipinski definition) is 27. The largest absolute Gasteiger partial charge is 0.504 e. The average molecular weight is 1890 g/mol. The molecule has 10 atom stereocenters. The van der Waals surface area contributed by atoms with Crippen molar-refractivity contribution in [2.75, 3.05) is 64.9 Å². The van der Waals surface area contributed by atoms with Crippen molar-refractivity contribution in [2.45, 2.75) is 283 Å². The second-order valence-corrected chi connectivity index (χ2v) is 37.5. The van der Waals surface area contributed by atoms with E-state index in [0.717, 1.165) is 94.7 Å². The lowest BCUT2D eigenvalue weighted by molar-refractivity contribution is -0.150. The summed E-state index contributed by atoms with van der Waals surface area (Å²) in [7, 11) is 2.16. The molecule has 0 aromatic heterocycles. The maximum absolute atomic E-state index is 14.9. The molecule has 4 aliphatic rings. The summed E-state index contributed by atoms with van der Waals surface area (Å²) < 4.78 is 37.8. The van der Waals surface area contributed by atoms with E-state index in [1.54, 1.807) is 113 Å². The Bertz CT molecular complexity index is 4610. The molecule has 1 saturated heterocycles. The van der Waals surface area contributed by atoms with Crippen LogP contribution in [0.25, 0.3) is 0 Å². The van der Waals surface area contributed by atoms with Crippen LogP contribution in [0.15, 0.2) is 112 Å². The van der Waals surface area contributed by atoms with Crippen LogP contribution in [0.3, 0.4) is 0 Å². The molecule has 23 N–H and O–H groups in total. The molecule has 0 radical (unpaired) electrons. The number of thiol groups is 2. The van der Waals surface area contributed by atoms with Crippen LogP contribution in [0.5, 0.6) is 28.7 Å². The van der Waals surface area contributed by atoms with Crippen LogP contribution in [0, 0.1) is 22.7 Å². The van der Waals surface area contributed by atoms with Gasteiger partial charge in [-0.15, -0.1) is 0 Å². The van der Waals surface area contributed by atoms with Gasteiger partial charge in [-0.05, 0) is 262 Å². The van der Waals surface area contributed by atoms with E-state index >= 15 is 0 Å². The Labute approximate surface area is 797 Å². The predicted molar refractivity (Wildman–Crippen MR) is 526 cm³/mol. The highest BCUT2D eigenvalue weighted by molar-refractivity contribution is 7.80. The smallest absolute Gasteiger partial charge is 0.331 e.